The maximum atomic E-state index is 11.8. The van der Waals surface area contributed by atoms with Gasteiger partial charge in [0.05, 0.1) is 0 Å². The van der Waals surface area contributed by atoms with Crippen molar-refractivity contribution in [3.8, 4) is 0 Å². The Labute approximate surface area is 105 Å². The molecular weight excluding hydrogens is 216 g/mol. The Kier molecular flexibility index (Phi) is 6.52. The van der Waals surface area contributed by atoms with E-state index in [4.69, 9.17) is 4.74 Å². The molecule has 4 nitrogen and oxygen atoms in total. The first-order valence-electron chi connectivity index (χ1n) is 6.77. The number of hydrogen-bond acceptors (Lipinski definition) is 3. The molecule has 1 amide bonds. The third-order valence-electron chi connectivity index (χ3n) is 3.34. The van der Waals surface area contributed by atoms with Gasteiger partial charge in [-0.3, -0.25) is 4.79 Å². The number of rotatable bonds is 6. The van der Waals surface area contributed by atoms with E-state index < -0.39 is 0 Å². The summed E-state index contributed by atoms with van der Waals surface area (Å²) < 4.78 is 5.17. The number of nitrogens with one attached hydrogen (secondary N) is 1. The third-order valence-corrected chi connectivity index (χ3v) is 3.34. The molecule has 0 aromatic carbocycles. The first-order valence-corrected chi connectivity index (χ1v) is 6.77. The van der Waals surface area contributed by atoms with Crippen molar-refractivity contribution < 1.29 is 9.53 Å². The summed E-state index contributed by atoms with van der Waals surface area (Å²) in [6.07, 6.45) is 2.22. The van der Waals surface area contributed by atoms with Crippen LogP contribution in [0.1, 0.15) is 33.6 Å². The molecule has 100 valence electrons. The second-order valence-corrected chi connectivity index (χ2v) is 4.80. The number of carbonyl (C=O) groups excluding carboxylic acids is 1. The van der Waals surface area contributed by atoms with Crippen molar-refractivity contribution >= 4 is 5.91 Å². The van der Waals surface area contributed by atoms with Crippen molar-refractivity contribution in [2.24, 2.45) is 5.92 Å². The van der Waals surface area contributed by atoms with E-state index in [1.165, 1.54) is 0 Å². The first kappa shape index (κ1) is 14.5. The van der Waals surface area contributed by atoms with Gasteiger partial charge in [-0.15, -0.1) is 0 Å². The molecule has 0 aromatic heterocycles. The summed E-state index contributed by atoms with van der Waals surface area (Å²) in [5, 5.41) is 3.55. The van der Waals surface area contributed by atoms with Crippen molar-refractivity contribution in [2.75, 3.05) is 32.8 Å². The maximum absolute atomic E-state index is 11.8. The summed E-state index contributed by atoms with van der Waals surface area (Å²) in [5.41, 5.74) is 0. The van der Waals surface area contributed by atoms with Crippen LogP contribution >= 0.6 is 0 Å². The normalized spacial score (nSPS) is 25.0. The Morgan fingerprint density at radius 2 is 2.24 bits per heavy atom. The minimum Gasteiger partial charge on any atom is -0.372 e. The molecule has 17 heavy (non-hydrogen) atoms. The van der Waals surface area contributed by atoms with E-state index in [9.17, 15) is 4.79 Å². The quantitative estimate of drug-likeness (QED) is 0.762. The van der Waals surface area contributed by atoms with Gasteiger partial charge >= 0.3 is 0 Å². The molecule has 1 rings (SSSR count). The molecule has 0 saturated carbocycles. The van der Waals surface area contributed by atoms with Gasteiger partial charge in [-0.25, -0.2) is 0 Å². The van der Waals surface area contributed by atoms with Crippen LogP contribution in [0.4, 0.5) is 0 Å². The highest BCUT2D eigenvalue weighted by molar-refractivity contribution is 5.77. The Balaban J connectivity index is 2.32. The van der Waals surface area contributed by atoms with Gasteiger partial charge in [0.25, 0.3) is 0 Å². The van der Waals surface area contributed by atoms with Crippen LogP contribution in [0.25, 0.3) is 0 Å². The number of nitrogens with zero attached hydrogens (tertiary/aromatic N) is 1. The van der Waals surface area contributed by atoms with Crippen LogP contribution in [-0.2, 0) is 9.53 Å². The van der Waals surface area contributed by atoms with Gasteiger partial charge in [-0.2, -0.15) is 0 Å². The van der Waals surface area contributed by atoms with Crippen molar-refractivity contribution in [3.05, 3.63) is 0 Å². The molecule has 1 aliphatic rings. The molecule has 1 saturated heterocycles. The lowest BCUT2D eigenvalue weighted by molar-refractivity contribution is -0.138. The average Bonchev–Trinajstić information content (AvgIpc) is 2.34. The minimum absolute atomic E-state index is 0.132. The molecule has 0 aliphatic carbocycles. The summed E-state index contributed by atoms with van der Waals surface area (Å²) >= 11 is 0. The van der Waals surface area contributed by atoms with E-state index in [-0.39, 0.29) is 12.5 Å². The SMILES string of the molecule is CCCNC1CCN(C(=O)COCC)CC1C. The van der Waals surface area contributed by atoms with E-state index in [0.29, 0.717) is 18.6 Å². The van der Waals surface area contributed by atoms with E-state index in [1.54, 1.807) is 0 Å². The van der Waals surface area contributed by atoms with Gasteiger partial charge in [0, 0.05) is 25.7 Å². The molecule has 1 fully saturated rings. The van der Waals surface area contributed by atoms with Gasteiger partial charge in [-0.05, 0) is 32.2 Å². The molecule has 2 unspecified atom stereocenters. The van der Waals surface area contributed by atoms with Crippen LogP contribution in [0.15, 0.2) is 0 Å². The molecule has 4 heteroatoms. The number of carbonyl (C=O) groups is 1. The fourth-order valence-corrected chi connectivity index (χ4v) is 2.29. The van der Waals surface area contributed by atoms with Crippen LogP contribution in [0.3, 0.4) is 0 Å². The summed E-state index contributed by atoms with van der Waals surface area (Å²) in [5.74, 6) is 0.661. The minimum atomic E-state index is 0.132. The zero-order valence-electron chi connectivity index (χ0n) is 11.4. The Morgan fingerprint density at radius 1 is 1.47 bits per heavy atom. The summed E-state index contributed by atoms with van der Waals surface area (Å²) in [4.78, 5) is 13.7. The number of piperidine rings is 1. The average molecular weight is 242 g/mol. The van der Waals surface area contributed by atoms with Crippen molar-refractivity contribution in [1.29, 1.82) is 0 Å². The van der Waals surface area contributed by atoms with Crippen molar-refractivity contribution in [2.45, 2.75) is 39.7 Å². The second-order valence-electron chi connectivity index (χ2n) is 4.80. The number of likely N-dealkylation sites (tertiary alicyclic amines) is 1. The number of ether oxygens (including phenoxy) is 1. The zero-order chi connectivity index (χ0) is 12.7. The van der Waals surface area contributed by atoms with Crippen LogP contribution in [0.5, 0.6) is 0 Å². The third kappa shape index (κ3) is 4.64. The Morgan fingerprint density at radius 3 is 2.82 bits per heavy atom. The molecule has 0 spiro atoms. The maximum Gasteiger partial charge on any atom is 0.248 e. The molecule has 2 atom stereocenters. The smallest absolute Gasteiger partial charge is 0.248 e. The van der Waals surface area contributed by atoms with Gasteiger partial charge in [0.15, 0.2) is 0 Å². The lowest BCUT2D eigenvalue weighted by Gasteiger charge is -2.37. The fourth-order valence-electron chi connectivity index (χ4n) is 2.29. The van der Waals surface area contributed by atoms with Gasteiger partial charge in [-0.1, -0.05) is 13.8 Å². The Hall–Kier alpha value is -0.610. The van der Waals surface area contributed by atoms with E-state index in [1.807, 2.05) is 11.8 Å². The van der Waals surface area contributed by atoms with Crippen molar-refractivity contribution in [3.63, 3.8) is 0 Å². The van der Waals surface area contributed by atoms with Gasteiger partial charge in [0.2, 0.25) is 5.91 Å². The molecule has 0 aromatic rings. The van der Waals surface area contributed by atoms with Gasteiger partial charge in [0.1, 0.15) is 6.61 Å². The summed E-state index contributed by atoms with van der Waals surface area (Å²) in [6.45, 7) is 9.93. The molecule has 0 radical (unpaired) electrons. The second kappa shape index (κ2) is 7.67. The van der Waals surface area contributed by atoms with E-state index in [0.717, 1.165) is 32.5 Å². The summed E-state index contributed by atoms with van der Waals surface area (Å²) in [6, 6.07) is 0.561. The molecule has 1 heterocycles. The highest BCUT2D eigenvalue weighted by atomic mass is 16.5. The van der Waals surface area contributed by atoms with Crippen molar-refractivity contribution in [1.82, 2.24) is 10.2 Å². The predicted octanol–water partition coefficient (Wildman–Crippen LogP) is 1.26. The largest absolute Gasteiger partial charge is 0.372 e. The van der Waals surface area contributed by atoms with Gasteiger partial charge < -0.3 is 15.0 Å². The first-order chi connectivity index (χ1) is 8.19. The summed E-state index contributed by atoms with van der Waals surface area (Å²) in [7, 11) is 0. The number of amides is 1. The van der Waals surface area contributed by atoms with E-state index in [2.05, 4.69) is 19.2 Å². The predicted molar refractivity (Wildman–Crippen MR) is 68.9 cm³/mol. The molecular formula is C13H26N2O2. The lowest BCUT2D eigenvalue weighted by Crippen LogP contribution is -2.51. The standard InChI is InChI=1S/C13H26N2O2/c1-4-7-14-12-6-8-15(9-11(12)3)13(16)10-17-5-2/h11-12,14H,4-10H2,1-3H3. The molecule has 1 aliphatic heterocycles. The molecule has 0 bridgehead atoms. The highest BCUT2D eigenvalue weighted by Crippen LogP contribution is 2.16. The van der Waals surface area contributed by atoms with E-state index >= 15 is 0 Å². The fraction of sp³-hybridized carbons (Fsp3) is 0.923. The topological polar surface area (TPSA) is 41.6 Å². The Bertz CT molecular complexity index is 233. The lowest BCUT2D eigenvalue weighted by atomic mass is 9.93. The number of hydrogen-bond donors (Lipinski definition) is 1. The van der Waals surface area contributed by atoms with Crippen LogP contribution < -0.4 is 5.32 Å². The zero-order valence-corrected chi connectivity index (χ0v) is 11.4. The van der Waals surface area contributed by atoms with Crippen LogP contribution in [-0.4, -0.2) is 49.7 Å². The van der Waals surface area contributed by atoms with Crippen LogP contribution in [0.2, 0.25) is 0 Å². The molecule has 1 N–H and O–H groups in total. The highest BCUT2D eigenvalue weighted by Gasteiger charge is 2.27. The van der Waals surface area contributed by atoms with Crippen LogP contribution in [0, 0.1) is 5.92 Å². The monoisotopic (exact) mass is 242 g/mol.